The van der Waals surface area contributed by atoms with Crippen molar-refractivity contribution >= 4 is 17.6 Å². The van der Waals surface area contributed by atoms with E-state index in [1.807, 2.05) is 4.90 Å². The van der Waals surface area contributed by atoms with Crippen LogP contribution in [0.25, 0.3) is 0 Å². The summed E-state index contributed by atoms with van der Waals surface area (Å²) in [7, 11) is 0. The summed E-state index contributed by atoms with van der Waals surface area (Å²) >= 11 is 0. The summed E-state index contributed by atoms with van der Waals surface area (Å²) in [5.74, 6) is 0.532. The first-order chi connectivity index (χ1) is 16.4. The van der Waals surface area contributed by atoms with Crippen molar-refractivity contribution in [3.63, 3.8) is 0 Å². The SMILES string of the molecule is CC(=O)N1CCC(Nc2cc(C(=O)NCC(O)CN3CCc4ccc(C)cc4C3)ccn2)CC1. The maximum Gasteiger partial charge on any atom is 0.251 e. The number of aliphatic hydroxyl groups excluding tert-OH is 1. The highest BCUT2D eigenvalue weighted by Crippen LogP contribution is 2.20. The smallest absolute Gasteiger partial charge is 0.251 e. The van der Waals surface area contributed by atoms with Crippen molar-refractivity contribution in [3.8, 4) is 0 Å². The number of nitrogens with one attached hydrogen (secondary N) is 2. The van der Waals surface area contributed by atoms with Crippen molar-refractivity contribution in [1.82, 2.24) is 20.1 Å². The van der Waals surface area contributed by atoms with Gasteiger partial charge in [0.2, 0.25) is 5.91 Å². The zero-order valence-electron chi connectivity index (χ0n) is 20.1. The van der Waals surface area contributed by atoms with Crippen LogP contribution >= 0.6 is 0 Å². The number of nitrogens with zero attached hydrogens (tertiary/aromatic N) is 3. The number of likely N-dealkylation sites (tertiary alicyclic amines) is 1. The van der Waals surface area contributed by atoms with E-state index in [0.717, 1.165) is 45.4 Å². The Morgan fingerprint density at radius 3 is 2.71 bits per heavy atom. The number of carbonyl (C=O) groups is 2. The maximum absolute atomic E-state index is 12.7. The standard InChI is InChI=1S/C26H35N5O3/c1-18-3-4-20-6-10-30(16-22(20)13-18)17-24(33)15-28-26(34)21-5-9-27-25(14-21)29-23-7-11-31(12-8-23)19(2)32/h3-5,9,13-14,23-24,33H,6-8,10-12,15-17H2,1-2H3,(H,27,29)(H,28,34). The lowest BCUT2D eigenvalue weighted by atomic mass is 9.97. The predicted octanol–water partition coefficient (Wildman–Crippen LogP) is 1.96. The van der Waals surface area contributed by atoms with Crippen LogP contribution in [-0.2, 0) is 17.8 Å². The summed E-state index contributed by atoms with van der Waals surface area (Å²) in [6.07, 6.45) is 3.66. The molecule has 1 unspecified atom stereocenters. The number of carbonyl (C=O) groups excluding carboxylic acids is 2. The van der Waals surface area contributed by atoms with Gasteiger partial charge >= 0.3 is 0 Å². The Morgan fingerprint density at radius 2 is 1.94 bits per heavy atom. The molecule has 0 saturated carbocycles. The van der Waals surface area contributed by atoms with Gasteiger partial charge in [-0.1, -0.05) is 23.8 Å². The topological polar surface area (TPSA) is 97.8 Å². The first kappa shape index (κ1) is 24.2. The van der Waals surface area contributed by atoms with E-state index in [0.29, 0.717) is 17.9 Å². The molecular weight excluding hydrogens is 430 g/mol. The second-order valence-corrected chi connectivity index (χ2v) is 9.48. The third-order valence-electron chi connectivity index (χ3n) is 6.73. The van der Waals surface area contributed by atoms with Crippen LogP contribution in [0.2, 0.25) is 0 Å². The van der Waals surface area contributed by atoms with Gasteiger partial charge in [-0.2, -0.15) is 0 Å². The summed E-state index contributed by atoms with van der Waals surface area (Å²) in [5, 5.41) is 16.8. The van der Waals surface area contributed by atoms with E-state index in [1.54, 1.807) is 25.3 Å². The van der Waals surface area contributed by atoms with Gasteiger partial charge in [0.25, 0.3) is 5.91 Å². The molecule has 8 nitrogen and oxygen atoms in total. The number of aliphatic hydroxyl groups is 1. The van der Waals surface area contributed by atoms with Crippen molar-refractivity contribution in [2.24, 2.45) is 0 Å². The molecule has 0 bridgehead atoms. The first-order valence-electron chi connectivity index (χ1n) is 12.1. The molecular formula is C26H35N5O3. The predicted molar refractivity (Wildman–Crippen MR) is 132 cm³/mol. The number of rotatable bonds is 7. The van der Waals surface area contributed by atoms with Crippen molar-refractivity contribution in [2.75, 3.05) is 38.0 Å². The average Bonchev–Trinajstić information content (AvgIpc) is 2.83. The molecule has 1 atom stereocenters. The van der Waals surface area contributed by atoms with Gasteiger partial charge in [0.05, 0.1) is 6.10 Å². The van der Waals surface area contributed by atoms with Crippen LogP contribution in [0.1, 0.15) is 46.8 Å². The van der Waals surface area contributed by atoms with E-state index in [9.17, 15) is 14.7 Å². The molecule has 1 saturated heterocycles. The van der Waals surface area contributed by atoms with Gasteiger partial charge in [-0.25, -0.2) is 4.98 Å². The minimum absolute atomic E-state index is 0.109. The number of pyridine rings is 1. The van der Waals surface area contributed by atoms with Crippen LogP contribution in [-0.4, -0.2) is 76.6 Å². The molecule has 34 heavy (non-hydrogen) atoms. The Morgan fingerprint density at radius 1 is 1.15 bits per heavy atom. The highest BCUT2D eigenvalue weighted by atomic mass is 16.3. The van der Waals surface area contributed by atoms with Crippen LogP contribution < -0.4 is 10.6 Å². The van der Waals surface area contributed by atoms with E-state index < -0.39 is 6.10 Å². The summed E-state index contributed by atoms with van der Waals surface area (Å²) < 4.78 is 0. The Kier molecular flexibility index (Phi) is 7.80. The third-order valence-corrected chi connectivity index (χ3v) is 6.73. The number of hydrogen-bond donors (Lipinski definition) is 3. The quantitative estimate of drug-likeness (QED) is 0.578. The summed E-state index contributed by atoms with van der Waals surface area (Å²) in [4.78, 5) is 32.6. The molecule has 1 fully saturated rings. The number of aromatic nitrogens is 1. The van der Waals surface area contributed by atoms with Crippen LogP contribution in [0, 0.1) is 6.92 Å². The second-order valence-electron chi connectivity index (χ2n) is 9.48. The molecule has 2 aliphatic heterocycles. The number of β-amino-alcohol motifs (C(OH)–C–C–N with tert-alkyl or cyclic N) is 1. The van der Waals surface area contributed by atoms with Crippen molar-refractivity contribution < 1.29 is 14.7 Å². The van der Waals surface area contributed by atoms with Crippen molar-refractivity contribution in [1.29, 1.82) is 0 Å². The van der Waals surface area contributed by atoms with Gasteiger partial charge in [0.15, 0.2) is 0 Å². The fourth-order valence-corrected chi connectivity index (χ4v) is 4.77. The summed E-state index contributed by atoms with van der Waals surface area (Å²) in [5.41, 5.74) is 4.47. The molecule has 4 rings (SSSR count). The molecule has 1 aromatic heterocycles. The lowest BCUT2D eigenvalue weighted by Gasteiger charge is -2.32. The lowest BCUT2D eigenvalue weighted by molar-refractivity contribution is -0.129. The average molecular weight is 466 g/mol. The Labute approximate surface area is 201 Å². The van der Waals surface area contributed by atoms with E-state index in [1.165, 1.54) is 16.7 Å². The number of hydrogen-bond acceptors (Lipinski definition) is 6. The van der Waals surface area contributed by atoms with Crippen LogP contribution in [0.15, 0.2) is 36.5 Å². The molecule has 182 valence electrons. The molecule has 2 aliphatic rings. The maximum atomic E-state index is 12.7. The van der Waals surface area contributed by atoms with E-state index in [-0.39, 0.29) is 24.4 Å². The highest BCUT2D eigenvalue weighted by molar-refractivity contribution is 5.94. The van der Waals surface area contributed by atoms with Gasteiger partial charge in [-0.3, -0.25) is 14.5 Å². The van der Waals surface area contributed by atoms with Crippen LogP contribution in [0.4, 0.5) is 5.82 Å². The minimum Gasteiger partial charge on any atom is -0.390 e. The molecule has 0 radical (unpaired) electrons. The fraction of sp³-hybridized carbons (Fsp3) is 0.500. The van der Waals surface area contributed by atoms with E-state index >= 15 is 0 Å². The fourth-order valence-electron chi connectivity index (χ4n) is 4.77. The van der Waals surface area contributed by atoms with Gasteiger partial charge in [0.1, 0.15) is 5.82 Å². The molecule has 3 N–H and O–H groups in total. The number of amides is 2. The molecule has 1 aromatic carbocycles. The molecule has 2 amide bonds. The van der Waals surface area contributed by atoms with Gasteiger partial charge < -0.3 is 20.6 Å². The molecule has 3 heterocycles. The zero-order chi connectivity index (χ0) is 24.1. The normalized spacial score (nSPS) is 17.7. The summed E-state index contributed by atoms with van der Waals surface area (Å²) in [6, 6.07) is 10.2. The van der Waals surface area contributed by atoms with Crippen molar-refractivity contribution in [3.05, 3.63) is 58.8 Å². The Hall–Kier alpha value is -2.97. The third kappa shape index (κ3) is 6.33. The minimum atomic E-state index is -0.638. The number of aryl methyl sites for hydroxylation is 1. The van der Waals surface area contributed by atoms with Crippen LogP contribution in [0.5, 0.6) is 0 Å². The first-order valence-corrected chi connectivity index (χ1v) is 12.1. The number of anilines is 1. The second kappa shape index (κ2) is 11.0. The zero-order valence-corrected chi connectivity index (χ0v) is 20.1. The largest absolute Gasteiger partial charge is 0.390 e. The van der Waals surface area contributed by atoms with Crippen LogP contribution in [0.3, 0.4) is 0 Å². The lowest BCUT2D eigenvalue weighted by Crippen LogP contribution is -2.42. The number of fused-ring (bicyclic) bond motifs is 1. The Balaban J connectivity index is 1.23. The summed E-state index contributed by atoms with van der Waals surface area (Å²) in [6.45, 7) is 7.61. The monoisotopic (exact) mass is 465 g/mol. The van der Waals surface area contributed by atoms with Gasteiger partial charge in [-0.05, 0) is 49.4 Å². The van der Waals surface area contributed by atoms with Gasteiger partial charge in [0, 0.05) is 64.0 Å². The molecule has 2 aromatic rings. The Bertz CT molecular complexity index is 1020. The van der Waals surface area contributed by atoms with Gasteiger partial charge in [-0.15, -0.1) is 0 Å². The molecule has 0 spiro atoms. The molecule has 0 aliphatic carbocycles. The highest BCUT2D eigenvalue weighted by Gasteiger charge is 2.22. The number of piperidine rings is 1. The molecule has 8 heteroatoms. The van der Waals surface area contributed by atoms with E-state index in [4.69, 9.17) is 0 Å². The van der Waals surface area contributed by atoms with E-state index in [2.05, 4.69) is 45.6 Å². The number of benzene rings is 1. The van der Waals surface area contributed by atoms with Crippen molar-refractivity contribution in [2.45, 2.75) is 51.8 Å².